The molecule has 0 radical (unpaired) electrons. The van der Waals surface area contributed by atoms with Crippen molar-refractivity contribution in [2.75, 3.05) is 39.6 Å². The van der Waals surface area contributed by atoms with Crippen LogP contribution in [0.4, 0.5) is 9.59 Å². The van der Waals surface area contributed by atoms with Gasteiger partial charge >= 0.3 is 36.2 Å². The maximum Gasteiger partial charge on any atom is 0.513 e. The number of rotatable bonds is 20. The molecule has 4 atom stereocenters. The van der Waals surface area contributed by atoms with Gasteiger partial charge in [-0.1, -0.05) is 13.2 Å². The minimum atomic E-state index is -0.901. The minimum absolute atomic E-state index is 0.0232. The molecule has 2 heterocycles. The SMILES string of the molecule is C=CC(=O)OCCCCCOC(=O)Oc1ccc(C(=O)O[C@H]2COC3C2OC[C@@H]3OC(=O)c2ccc(OC(=O)OCCCCCOC(=O)C=C)cc2)cc1. The molecule has 16 nitrogen and oxygen atoms in total. The van der Waals surface area contributed by atoms with E-state index in [1.54, 1.807) is 0 Å². The molecule has 2 aliphatic rings. The summed E-state index contributed by atoms with van der Waals surface area (Å²) in [6, 6.07) is 11.4. The highest BCUT2D eigenvalue weighted by Crippen LogP contribution is 2.32. The van der Waals surface area contributed by atoms with Crippen molar-refractivity contribution in [3.8, 4) is 11.5 Å². The van der Waals surface area contributed by atoms with Gasteiger partial charge in [-0.25, -0.2) is 28.8 Å². The number of hydrogen-bond donors (Lipinski definition) is 0. The summed E-state index contributed by atoms with van der Waals surface area (Å²) in [5.74, 6) is -1.96. The summed E-state index contributed by atoms with van der Waals surface area (Å²) in [7, 11) is 0. The van der Waals surface area contributed by atoms with Gasteiger partial charge in [-0.3, -0.25) is 0 Å². The highest BCUT2D eigenvalue weighted by Gasteiger charge is 2.51. The van der Waals surface area contributed by atoms with Crippen molar-refractivity contribution in [1.82, 2.24) is 0 Å². The lowest BCUT2D eigenvalue weighted by molar-refractivity contribution is -0.138. The van der Waals surface area contributed by atoms with Crippen LogP contribution in [0.5, 0.6) is 11.5 Å². The number of carbonyl (C=O) groups is 6. The summed E-state index contributed by atoms with van der Waals surface area (Å²) in [4.78, 5) is 71.7. The Labute approximate surface area is 311 Å². The second-order valence-electron chi connectivity index (χ2n) is 11.8. The third-order valence-corrected chi connectivity index (χ3v) is 7.90. The van der Waals surface area contributed by atoms with Crippen molar-refractivity contribution in [2.45, 2.75) is 62.9 Å². The van der Waals surface area contributed by atoms with E-state index in [0.29, 0.717) is 38.5 Å². The molecule has 2 aromatic carbocycles. The molecule has 54 heavy (non-hydrogen) atoms. The van der Waals surface area contributed by atoms with Gasteiger partial charge in [-0.2, -0.15) is 0 Å². The Balaban J connectivity index is 1.12. The normalized spacial score (nSPS) is 18.3. The number of fused-ring (bicyclic) bond motifs is 1. The zero-order valence-corrected chi connectivity index (χ0v) is 29.5. The molecule has 2 aliphatic heterocycles. The highest BCUT2D eigenvalue weighted by atomic mass is 16.7. The topological polar surface area (TPSA) is 195 Å². The highest BCUT2D eigenvalue weighted by molar-refractivity contribution is 5.90. The van der Waals surface area contributed by atoms with Crippen LogP contribution < -0.4 is 9.47 Å². The molecule has 0 bridgehead atoms. The Kier molecular flexibility index (Phi) is 16.5. The summed E-state index contributed by atoms with van der Waals surface area (Å²) >= 11 is 0. The predicted octanol–water partition coefficient (Wildman–Crippen LogP) is 5.07. The van der Waals surface area contributed by atoms with E-state index in [4.69, 9.17) is 47.4 Å². The first-order chi connectivity index (χ1) is 26.2. The Bertz CT molecular complexity index is 1480. The largest absolute Gasteiger partial charge is 0.513 e. The number of ether oxygens (including phenoxy) is 10. The van der Waals surface area contributed by atoms with E-state index in [2.05, 4.69) is 13.2 Å². The van der Waals surface area contributed by atoms with Crippen LogP contribution >= 0.6 is 0 Å². The molecule has 290 valence electrons. The number of esters is 4. The Morgan fingerprint density at radius 1 is 0.537 bits per heavy atom. The summed E-state index contributed by atoms with van der Waals surface area (Å²) in [5, 5.41) is 0. The van der Waals surface area contributed by atoms with Crippen molar-refractivity contribution in [1.29, 1.82) is 0 Å². The van der Waals surface area contributed by atoms with Crippen LogP contribution in [-0.4, -0.2) is 100 Å². The molecule has 0 spiro atoms. The van der Waals surface area contributed by atoms with Crippen LogP contribution in [0.2, 0.25) is 0 Å². The third kappa shape index (κ3) is 13.3. The quantitative estimate of drug-likeness (QED) is 0.0571. The van der Waals surface area contributed by atoms with Gasteiger partial charge in [-0.05, 0) is 87.1 Å². The first kappa shape index (κ1) is 41.0. The van der Waals surface area contributed by atoms with E-state index in [-0.39, 0.29) is 62.3 Å². The van der Waals surface area contributed by atoms with Gasteiger partial charge in [0.25, 0.3) is 0 Å². The van der Waals surface area contributed by atoms with E-state index >= 15 is 0 Å². The van der Waals surface area contributed by atoms with Crippen LogP contribution in [0.3, 0.4) is 0 Å². The minimum Gasteiger partial charge on any atom is -0.463 e. The summed E-state index contributed by atoms with van der Waals surface area (Å²) in [6.07, 6.45) is 1.22. The number of hydrogen-bond acceptors (Lipinski definition) is 16. The predicted molar refractivity (Wildman–Crippen MR) is 185 cm³/mol. The fourth-order valence-corrected chi connectivity index (χ4v) is 5.15. The molecule has 16 heteroatoms. The molecular formula is C38H42O16. The molecule has 0 aliphatic carbocycles. The molecule has 0 saturated carbocycles. The van der Waals surface area contributed by atoms with Crippen molar-refractivity contribution in [3.63, 3.8) is 0 Å². The standard InChI is InChI=1S/C38H42O16/c1-3-31(39)45-19-7-5-9-21-47-37(43)51-27-15-11-25(12-16-27)35(41)53-29-23-49-34-30(24-50-33(29)34)54-36(42)26-13-17-28(18-14-26)52-38(44)48-22-10-6-8-20-46-32(40)4-2/h3-4,11-18,29-30,33-34H,1-2,5-10,19-24H2/t29-,30-,33?,34?/m0/s1. The van der Waals surface area contributed by atoms with E-state index in [9.17, 15) is 28.8 Å². The van der Waals surface area contributed by atoms with Crippen LogP contribution in [0.1, 0.15) is 59.2 Å². The third-order valence-electron chi connectivity index (χ3n) is 7.90. The fourth-order valence-electron chi connectivity index (χ4n) is 5.15. The maximum atomic E-state index is 12.9. The van der Waals surface area contributed by atoms with Gasteiger partial charge in [0.2, 0.25) is 0 Å². The maximum absolute atomic E-state index is 12.9. The average Bonchev–Trinajstić information content (AvgIpc) is 3.76. The smallest absolute Gasteiger partial charge is 0.463 e. The molecule has 2 aromatic rings. The molecule has 2 fully saturated rings. The van der Waals surface area contributed by atoms with Crippen LogP contribution in [0, 0.1) is 0 Å². The molecule has 4 rings (SSSR count). The molecule has 2 saturated heterocycles. The second-order valence-corrected chi connectivity index (χ2v) is 11.8. The van der Waals surface area contributed by atoms with Gasteiger partial charge in [0.05, 0.1) is 50.8 Å². The monoisotopic (exact) mass is 754 g/mol. The number of carbonyl (C=O) groups excluding carboxylic acids is 6. The lowest BCUT2D eigenvalue weighted by Crippen LogP contribution is -2.36. The zero-order valence-electron chi connectivity index (χ0n) is 29.5. The zero-order chi connectivity index (χ0) is 38.7. The van der Waals surface area contributed by atoms with Crippen LogP contribution in [-0.2, 0) is 47.5 Å². The van der Waals surface area contributed by atoms with E-state index in [1.165, 1.54) is 48.5 Å². The van der Waals surface area contributed by atoms with E-state index in [0.717, 1.165) is 12.2 Å². The van der Waals surface area contributed by atoms with Gasteiger partial charge in [-0.15, -0.1) is 0 Å². The van der Waals surface area contributed by atoms with E-state index in [1.807, 2.05) is 0 Å². The van der Waals surface area contributed by atoms with Crippen molar-refractivity contribution in [3.05, 3.63) is 85.0 Å². The summed E-state index contributed by atoms with van der Waals surface area (Å²) < 4.78 is 52.9. The summed E-state index contributed by atoms with van der Waals surface area (Å²) in [5.41, 5.74) is 0.386. The van der Waals surface area contributed by atoms with Gasteiger partial charge in [0.15, 0.2) is 12.2 Å². The first-order valence-electron chi connectivity index (χ1n) is 17.3. The molecule has 0 aromatic heterocycles. The Morgan fingerprint density at radius 3 is 1.24 bits per heavy atom. The number of benzene rings is 2. The Hall–Kier alpha value is -5.74. The lowest BCUT2D eigenvalue weighted by atomic mass is 10.1. The molecule has 2 unspecified atom stereocenters. The van der Waals surface area contributed by atoms with Crippen molar-refractivity contribution in [2.24, 2.45) is 0 Å². The molecule has 0 N–H and O–H groups in total. The first-order valence-corrected chi connectivity index (χ1v) is 17.3. The van der Waals surface area contributed by atoms with Crippen LogP contribution in [0.25, 0.3) is 0 Å². The lowest BCUT2D eigenvalue weighted by Gasteiger charge is -2.17. The average molecular weight is 755 g/mol. The molecular weight excluding hydrogens is 712 g/mol. The second kappa shape index (κ2) is 21.7. The number of unbranched alkanes of at least 4 members (excludes halogenated alkanes) is 4. The Morgan fingerprint density at radius 2 is 0.889 bits per heavy atom. The van der Waals surface area contributed by atoms with Crippen molar-refractivity contribution >= 4 is 36.2 Å². The summed E-state index contributed by atoms with van der Waals surface area (Å²) in [6.45, 7) is 7.43. The van der Waals surface area contributed by atoms with Crippen molar-refractivity contribution < 1.29 is 76.1 Å². The van der Waals surface area contributed by atoms with Gasteiger partial charge < -0.3 is 47.4 Å². The molecule has 0 amide bonds. The van der Waals surface area contributed by atoms with Crippen LogP contribution in [0.15, 0.2) is 73.8 Å². The van der Waals surface area contributed by atoms with Gasteiger partial charge in [0, 0.05) is 12.2 Å². The van der Waals surface area contributed by atoms with E-state index < -0.39 is 60.6 Å². The van der Waals surface area contributed by atoms with Gasteiger partial charge in [0.1, 0.15) is 23.7 Å². The fraction of sp³-hybridized carbons (Fsp3) is 0.421.